The van der Waals surface area contributed by atoms with Crippen molar-refractivity contribution in [1.82, 2.24) is 25.4 Å². The number of rotatable bonds is 5. The van der Waals surface area contributed by atoms with E-state index in [-0.39, 0.29) is 42.2 Å². The summed E-state index contributed by atoms with van der Waals surface area (Å²) in [6.07, 6.45) is 1.22. The quantitative estimate of drug-likeness (QED) is 0.319. The molecule has 0 bridgehead atoms. The lowest BCUT2D eigenvalue weighted by Crippen LogP contribution is -2.73. The molecule has 4 aliphatic rings. The number of aliphatic imine (C=N–C) groups is 2. The number of aryl methyl sites for hydroxylation is 1. The van der Waals surface area contributed by atoms with Crippen LogP contribution in [-0.2, 0) is 5.41 Å². The fraction of sp³-hybridized carbons (Fsp3) is 0.483. The summed E-state index contributed by atoms with van der Waals surface area (Å²) in [5.74, 6) is 0.248. The summed E-state index contributed by atoms with van der Waals surface area (Å²) in [5, 5.41) is 17.9. The number of benzene rings is 1. The third-order valence-electron chi connectivity index (χ3n) is 8.90. The second-order valence-electron chi connectivity index (χ2n) is 12.1. The van der Waals surface area contributed by atoms with Crippen LogP contribution in [0.5, 0.6) is 5.75 Å². The molecule has 5 heterocycles. The Bertz CT molecular complexity index is 1490. The van der Waals surface area contributed by atoms with Crippen LogP contribution in [0.3, 0.4) is 0 Å². The fourth-order valence-electron chi connectivity index (χ4n) is 6.56. The molecule has 6 rings (SSSR count). The third kappa shape index (κ3) is 4.30. The average molecular weight is 576 g/mol. The van der Waals surface area contributed by atoms with Crippen LogP contribution in [0, 0.1) is 6.92 Å². The zero-order chi connectivity index (χ0) is 30.0. The van der Waals surface area contributed by atoms with E-state index >= 15 is 0 Å². The molecule has 4 aliphatic heterocycles. The van der Waals surface area contributed by atoms with Crippen molar-refractivity contribution < 1.29 is 19.4 Å². The number of hydrogen-bond donors (Lipinski definition) is 5. The fourth-order valence-corrected chi connectivity index (χ4v) is 6.56. The molecule has 5 atom stereocenters. The van der Waals surface area contributed by atoms with Gasteiger partial charge in [0.2, 0.25) is 0 Å². The zero-order valence-electron chi connectivity index (χ0n) is 24.2. The molecule has 1 saturated heterocycles. The maximum absolute atomic E-state index is 13.6. The van der Waals surface area contributed by atoms with Gasteiger partial charge in [0.1, 0.15) is 17.9 Å². The summed E-state index contributed by atoms with van der Waals surface area (Å²) in [6.45, 7) is 6.96. The van der Waals surface area contributed by atoms with Crippen LogP contribution in [-0.4, -0.2) is 100 Å². The normalized spacial score (nSPS) is 28.7. The van der Waals surface area contributed by atoms with Gasteiger partial charge in [0.25, 0.3) is 11.8 Å². The van der Waals surface area contributed by atoms with Gasteiger partial charge in [0, 0.05) is 37.6 Å². The van der Waals surface area contributed by atoms with Gasteiger partial charge in [-0.15, -0.1) is 0 Å². The highest BCUT2D eigenvalue weighted by molar-refractivity contribution is 5.98. The van der Waals surface area contributed by atoms with E-state index < -0.39 is 29.9 Å². The van der Waals surface area contributed by atoms with Gasteiger partial charge in [0.15, 0.2) is 17.6 Å². The summed E-state index contributed by atoms with van der Waals surface area (Å²) >= 11 is 0. The van der Waals surface area contributed by atoms with Gasteiger partial charge in [-0.25, -0.2) is 9.98 Å². The maximum atomic E-state index is 13.6. The molecule has 0 radical (unpaired) electrons. The first-order chi connectivity index (χ1) is 19.9. The minimum Gasteiger partial charge on any atom is -0.492 e. The Morgan fingerprint density at radius 1 is 1.24 bits per heavy atom. The number of para-hydroxylation sites is 1. The van der Waals surface area contributed by atoms with Crippen molar-refractivity contribution in [3.05, 3.63) is 58.9 Å². The van der Waals surface area contributed by atoms with Gasteiger partial charge in [-0.3, -0.25) is 14.6 Å². The molecule has 1 fully saturated rings. The highest BCUT2D eigenvalue weighted by Gasteiger charge is 2.65. The lowest BCUT2D eigenvalue weighted by Gasteiger charge is -2.46. The highest BCUT2D eigenvalue weighted by Crippen LogP contribution is 2.42. The van der Waals surface area contributed by atoms with Gasteiger partial charge in [-0.1, -0.05) is 26.0 Å². The minimum atomic E-state index is -1.25. The first kappa shape index (κ1) is 27.8. The Hall–Kier alpha value is -4.39. The smallest absolute Gasteiger partial charge is 0.255 e. The molecular weight excluding hydrogens is 538 g/mol. The van der Waals surface area contributed by atoms with Crippen molar-refractivity contribution in [3.63, 3.8) is 0 Å². The zero-order valence-corrected chi connectivity index (χ0v) is 24.2. The number of likely N-dealkylation sites (N-methyl/N-ethyl adjacent to an activating group) is 1. The number of fused-ring (bicyclic) bond motifs is 1. The average Bonchev–Trinajstić information content (AvgIpc) is 3.44. The molecule has 2 aromatic rings. The summed E-state index contributed by atoms with van der Waals surface area (Å²) in [5.41, 5.74) is 13.9. The predicted octanol–water partition coefficient (Wildman–Crippen LogP) is -0.323. The Morgan fingerprint density at radius 3 is 2.76 bits per heavy atom. The monoisotopic (exact) mass is 575 g/mol. The van der Waals surface area contributed by atoms with Crippen molar-refractivity contribution in [3.8, 4) is 5.75 Å². The van der Waals surface area contributed by atoms with Crippen LogP contribution in [0.2, 0.25) is 0 Å². The van der Waals surface area contributed by atoms with Gasteiger partial charge in [0.05, 0.1) is 29.8 Å². The number of aliphatic hydroxyl groups excluding tert-OH is 1. The number of hydrogen-bond acceptors (Lipinski definition) is 11. The molecule has 2 amide bonds. The standard InChI is InChI=1S/C29H37N9O4/c1-15-8-9-16(12-32-15)25(41)37(4)13-19-22-29(36-26(30)35-22)23(39)20(14-38(29)27(31)34-19)33-24(40)17-6-5-7-18-21(17)42-11-10-28(18,2)3/h5-9,12,19-20,22-23,39H,10-11,13-14H2,1-4H3,(H2,31,34)(H,33,40)(H3,30,35,36)/t19-,20?,22-,23+,29-/m0/s1. The topological polar surface area (TPSA) is 184 Å². The van der Waals surface area contributed by atoms with Crippen molar-refractivity contribution >= 4 is 23.7 Å². The van der Waals surface area contributed by atoms with E-state index in [1.807, 2.05) is 19.1 Å². The Kier molecular flexibility index (Phi) is 6.52. The van der Waals surface area contributed by atoms with Crippen molar-refractivity contribution in [1.29, 1.82) is 0 Å². The summed E-state index contributed by atoms with van der Waals surface area (Å²) in [7, 11) is 1.67. The molecular formula is C29H37N9O4. The molecule has 7 N–H and O–H groups in total. The third-order valence-corrected chi connectivity index (χ3v) is 8.90. The summed E-state index contributed by atoms with van der Waals surface area (Å²) in [4.78, 5) is 43.4. The maximum Gasteiger partial charge on any atom is 0.255 e. The number of aromatic nitrogens is 1. The molecule has 1 spiro atoms. The lowest BCUT2D eigenvalue weighted by atomic mass is 9.79. The number of nitrogens with zero attached hydrogens (tertiary/aromatic N) is 5. The number of carbonyl (C=O) groups excluding carboxylic acids is 2. The molecule has 1 aromatic carbocycles. The van der Waals surface area contributed by atoms with Crippen LogP contribution in [0.1, 0.15) is 52.2 Å². The van der Waals surface area contributed by atoms with E-state index in [0.29, 0.717) is 23.5 Å². The molecule has 0 saturated carbocycles. The van der Waals surface area contributed by atoms with Gasteiger partial charge >= 0.3 is 0 Å². The van der Waals surface area contributed by atoms with E-state index in [2.05, 4.69) is 39.4 Å². The molecule has 222 valence electrons. The molecule has 0 aliphatic carbocycles. The highest BCUT2D eigenvalue weighted by atomic mass is 16.5. The molecule has 1 unspecified atom stereocenters. The first-order valence-corrected chi connectivity index (χ1v) is 14.1. The number of carbonyl (C=O) groups is 2. The first-order valence-electron chi connectivity index (χ1n) is 14.1. The molecule has 42 heavy (non-hydrogen) atoms. The van der Waals surface area contributed by atoms with Crippen molar-refractivity contribution in [2.75, 3.05) is 26.7 Å². The van der Waals surface area contributed by atoms with Crippen molar-refractivity contribution in [2.24, 2.45) is 21.5 Å². The number of guanidine groups is 2. The number of aliphatic hydroxyl groups is 1. The van der Waals surface area contributed by atoms with Crippen LogP contribution < -0.4 is 26.8 Å². The van der Waals surface area contributed by atoms with Gasteiger partial charge < -0.3 is 41.7 Å². The number of pyridine rings is 1. The van der Waals surface area contributed by atoms with Gasteiger partial charge in [-0.05, 0) is 37.0 Å². The number of nitrogens with two attached hydrogens (primary N) is 2. The van der Waals surface area contributed by atoms with E-state index in [1.54, 1.807) is 30.1 Å². The minimum absolute atomic E-state index is 0.121. The van der Waals surface area contributed by atoms with Crippen molar-refractivity contribution in [2.45, 2.75) is 62.5 Å². The lowest BCUT2D eigenvalue weighted by molar-refractivity contribution is 0.0117. The molecule has 13 heteroatoms. The van der Waals surface area contributed by atoms with E-state index in [0.717, 1.165) is 17.7 Å². The van der Waals surface area contributed by atoms with Crippen LogP contribution in [0.15, 0.2) is 46.5 Å². The second-order valence-corrected chi connectivity index (χ2v) is 12.1. The Balaban J connectivity index is 1.24. The van der Waals surface area contributed by atoms with Gasteiger partial charge in [-0.2, -0.15) is 0 Å². The van der Waals surface area contributed by atoms with Crippen LogP contribution in [0.4, 0.5) is 0 Å². The largest absolute Gasteiger partial charge is 0.492 e. The van der Waals surface area contributed by atoms with E-state index in [9.17, 15) is 14.7 Å². The van der Waals surface area contributed by atoms with E-state index in [4.69, 9.17) is 16.2 Å². The Morgan fingerprint density at radius 2 is 2.02 bits per heavy atom. The summed E-state index contributed by atoms with van der Waals surface area (Å²) in [6, 6.07) is 7.04. The predicted molar refractivity (Wildman–Crippen MR) is 156 cm³/mol. The number of nitrogens with one attached hydrogen (secondary N) is 2. The number of ether oxygens (including phenoxy) is 1. The SMILES string of the molecule is Cc1ccc(C(=O)N(C)C[C@@H]2N=C(N)N3CC(NC(=O)c4cccc5c4OCCC5(C)C)[C@@H](O)[C@@]34NC(N)=N[C@@H]24)cn1. The molecule has 1 aromatic heterocycles. The van der Waals surface area contributed by atoms with E-state index in [1.165, 1.54) is 11.1 Å². The molecule has 13 nitrogen and oxygen atoms in total. The Labute approximate surface area is 244 Å². The summed E-state index contributed by atoms with van der Waals surface area (Å²) < 4.78 is 5.95. The number of amides is 2. The van der Waals surface area contributed by atoms with Crippen LogP contribution >= 0.6 is 0 Å². The second kappa shape index (κ2) is 9.86. The van der Waals surface area contributed by atoms with Crippen LogP contribution in [0.25, 0.3) is 0 Å².